The predicted molar refractivity (Wildman–Crippen MR) is 74.4 cm³/mol. The van der Waals surface area contributed by atoms with Crippen LogP contribution >= 0.6 is 0 Å². The van der Waals surface area contributed by atoms with Gasteiger partial charge in [-0.2, -0.15) is 0 Å². The maximum absolute atomic E-state index is 12.5. The summed E-state index contributed by atoms with van der Waals surface area (Å²) in [4.78, 5) is 12.5. The fraction of sp³-hybridized carbons (Fsp3) is 0.933. The SMILES string of the molecule is CCC1CCC(NC(=O)C2(CC)CCNC2)CC1. The van der Waals surface area contributed by atoms with Crippen molar-refractivity contribution in [3.8, 4) is 0 Å². The molecule has 104 valence electrons. The second-order valence-electron chi connectivity index (χ2n) is 6.16. The molecule has 2 fully saturated rings. The van der Waals surface area contributed by atoms with E-state index < -0.39 is 0 Å². The Kier molecular flexibility index (Phi) is 4.66. The molecule has 0 spiro atoms. The van der Waals surface area contributed by atoms with Gasteiger partial charge in [0, 0.05) is 12.6 Å². The lowest BCUT2D eigenvalue weighted by Gasteiger charge is -2.32. The van der Waals surface area contributed by atoms with Crippen LogP contribution < -0.4 is 10.6 Å². The van der Waals surface area contributed by atoms with E-state index in [0.29, 0.717) is 11.9 Å². The lowest BCUT2D eigenvalue weighted by molar-refractivity contribution is -0.131. The van der Waals surface area contributed by atoms with Crippen LogP contribution in [0, 0.1) is 11.3 Å². The first-order chi connectivity index (χ1) is 8.70. The molecule has 1 amide bonds. The van der Waals surface area contributed by atoms with Gasteiger partial charge in [-0.05, 0) is 51.0 Å². The number of hydrogen-bond acceptors (Lipinski definition) is 2. The summed E-state index contributed by atoms with van der Waals surface area (Å²) in [5.41, 5.74) is -0.123. The zero-order chi connectivity index (χ0) is 13.0. The van der Waals surface area contributed by atoms with Crippen LogP contribution in [0.2, 0.25) is 0 Å². The third kappa shape index (κ3) is 2.87. The van der Waals surface area contributed by atoms with Crippen molar-refractivity contribution in [1.82, 2.24) is 10.6 Å². The molecule has 3 heteroatoms. The lowest BCUT2D eigenvalue weighted by atomic mass is 9.81. The van der Waals surface area contributed by atoms with E-state index in [9.17, 15) is 4.79 Å². The van der Waals surface area contributed by atoms with Crippen LogP contribution in [0.25, 0.3) is 0 Å². The van der Waals surface area contributed by atoms with Gasteiger partial charge in [0.05, 0.1) is 5.41 Å². The molecule has 0 aromatic heterocycles. The first-order valence-electron chi connectivity index (χ1n) is 7.72. The molecule has 2 rings (SSSR count). The summed E-state index contributed by atoms with van der Waals surface area (Å²) in [5.74, 6) is 1.20. The molecule has 2 aliphatic rings. The number of nitrogens with one attached hydrogen (secondary N) is 2. The van der Waals surface area contributed by atoms with Crippen molar-refractivity contribution in [2.75, 3.05) is 13.1 Å². The van der Waals surface area contributed by atoms with E-state index >= 15 is 0 Å². The summed E-state index contributed by atoms with van der Waals surface area (Å²) >= 11 is 0. The van der Waals surface area contributed by atoms with Gasteiger partial charge in [0.2, 0.25) is 5.91 Å². The van der Waals surface area contributed by atoms with E-state index in [1.54, 1.807) is 0 Å². The van der Waals surface area contributed by atoms with Crippen molar-refractivity contribution in [3.63, 3.8) is 0 Å². The summed E-state index contributed by atoms with van der Waals surface area (Å²) in [6, 6.07) is 0.435. The van der Waals surface area contributed by atoms with Crippen molar-refractivity contribution < 1.29 is 4.79 Å². The largest absolute Gasteiger partial charge is 0.353 e. The minimum atomic E-state index is -0.123. The average molecular weight is 252 g/mol. The van der Waals surface area contributed by atoms with Crippen LogP contribution in [-0.2, 0) is 4.79 Å². The molecule has 1 unspecified atom stereocenters. The highest BCUT2D eigenvalue weighted by atomic mass is 16.2. The second kappa shape index (κ2) is 6.05. The lowest BCUT2D eigenvalue weighted by Crippen LogP contribution is -2.47. The third-order valence-electron chi connectivity index (χ3n) is 5.16. The summed E-state index contributed by atoms with van der Waals surface area (Å²) in [5, 5.41) is 6.66. The van der Waals surface area contributed by atoms with E-state index in [2.05, 4.69) is 24.5 Å². The molecule has 1 heterocycles. The van der Waals surface area contributed by atoms with E-state index in [1.807, 2.05) is 0 Å². The first-order valence-corrected chi connectivity index (χ1v) is 7.72. The topological polar surface area (TPSA) is 41.1 Å². The maximum Gasteiger partial charge on any atom is 0.227 e. The Morgan fingerprint density at radius 1 is 1.28 bits per heavy atom. The van der Waals surface area contributed by atoms with E-state index in [1.165, 1.54) is 32.1 Å². The zero-order valence-electron chi connectivity index (χ0n) is 11.9. The Bertz CT molecular complexity index is 276. The van der Waals surface area contributed by atoms with Gasteiger partial charge < -0.3 is 10.6 Å². The minimum absolute atomic E-state index is 0.123. The van der Waals surface area contributed by atoms with E-state index in [-0.39, 0.29) is 5.41 Å². The molecule has 0 aromatic rings. The van der Waals surface area contributed by atoms with Gasteiger partial charge in [0.1, 0.15) is 0 Å². The van der Waals surface area contributed by atoms with Gasteiger partial charge in [-0.3, -0.25) is 4.79 Å². The Hall–Kier alpha value is -0.570. The van der Waals surface area contributed by atoms with Gasteiger partial charge in [-0.1, -0.05) is 20.3 Å². The average Bonchev–Trinajstić information content (AvgIpc) is 2.89. The van der Waals surface area contributed by atoms with Crippen LogP contribution in [0.1, 0.15) is 58.8 Å². The molecule has 0 bridgehead atoms. The zero-order valence-corrected chi connectivity index (χ0v) is 11.9. The van der Waals surface area contributed by atoms with Crippen LogP contribution in [0.4, 0.5) is 0 Å². The molecular weight excluding hydrogens is 224 g/mol. The van der Waals surface area contributed by atoms with Crippen molar-refractivity contribution in [2.24, 2.45) is 11.3 Å². The summed E-state index contributed by atoms with van der Waals surface area (Å²) < 4.78 is 0. The maximum atomic E-state index is 12.5. The summed E-state index contributed by atoms with van der Waals surface area (Å²) in [6.45, 7) is 6.27. The Balaban J connectivity index is 1.84. The molecule has 0 aromatic carbocycles. The Morgan fingerprint density at radius 3 is 2.50 bits per heavy atom. The highest BCUT2D eigenvalue weighted by Crippen LogP contribution is 2.31. The standard InChI is InChI=1S/C15H28N2O/c1-3-12-5-7-13(8-6-12)17-14(18)15(4-2)9-10-16-11-15/h12-13,16H,3-11H2,1-2H3,(H,17,18). The van der Waals surface area contributed by atoms with Crippen molar-refractivity contribution in [2.45, 2.75) is 64.8 Å². The molecule has 18 heavy (non-hydrogen) atoms. The first kappa shape index (κ1) is 13.9. The fourth-order valence-electron chi connectivity index (χ4n) is 3.45. The van der Waals surface area contributed by atoms with Gasteiger partial charge in [-0.25, -0.2) is 0 Å². The normalized spacial score (nSPS) is 36.6. The van der Waals surface area contributed by atoms with E-state index in [0.717, 1.165) is 31.8 Å². The smallest absolute Gasteiger partial charge is 0.227 e. The number of hydrogen-bond donors (Lipinski definition) is 2. The Labute approximate surface area is 111 Å². The number of carbonyl (C=O) groups excluding carboxylic acids is 1. The van der Waals surface area contributed by atoms with Crippen LogP contribution in [0.15, 0.2) is 0 Å². The van der Waals surface area contributed by atoms with Crippen molar-refractivity contribution in [3.05, 3.63) is 0 Å². The van der Waals surface area contributed by atoms with E-state index in [4.69, 9.17) is 0 Å². The Morgan fingerprint density at radius 2 is 2.00 bits per heavy atom. The number of amides is 1. The van der Waals surface area contributed by atoms with Gasteiger partial charge in [0.15, 0.2) is 0 Å². The molecule has 0 radical (unpaired) electrons. The fourth-order valence-corrected chi connectivity index (χ4v) is 3.45. The molecule has 2 N–H and O–H groups in total. The van der Waals surface area contributed by atoms with Crippen molar-refractivity contribution >= 4 is 5.91 Å². The molecule has 1 aliphatic carbocycles. The van der Waals surface area contributed by atoms with Gasteiger partial charge in [0.25, 0.3) is 0 Å². The number of carbonyl (C=O) groups is 1. The molecule has 3 nitrogen and oxygen atoms in total. The summed E-state index contributed by atoms with van der Waals surface area (Å²) in [7, 11) is 0. The molecule has 1 saturated heterocycles. The molecule has 1 saturated carbocycles. The second-order valence-corrected chi connectivity index (χ2v) is 6.16. The summed E-state index contributed by atoms with van der Waals surface area (Å²) in [6.07, 6.45) is 8.19. The van der Waals surface area contributed by atoms with Crippen LogP contribution in [0.5, 0.6) is 0 Å². The van der Waals surface area contributed by atoms with Gasteiger partial charge in [-0.15, -0.1) is 0 Å². The monoisotopic (exact) mass is 252 g/mol. The highest BCUT2D eigenvalue weighted by molar-refractivity contribution is 5.83. The quantitative estimate of drug-likeness (QED) is 0.807. The van der Waals surface area contributed by atoms with Crippen molar-refractivity contribution in [1.29, 1.82) is 0 Å². The molecule has 1 aliphatic heterocycles. The third-order valence-corrected chi connectivity index (χ3v) is 5.16. The predicted octanol–water partition coefficient (Wildman–Crippen LogP) is 2.46. The molecular formula is C15H28N2O. The number of rotatable bonds is 4. The van der Waals surface area contributed by atoms with Crippen LogP contribution in [-0.4, -0.2) is 25.0 Å². The molecule has 1 atom stereocenters. The van der Waals surface area contributed by atoms with Crippen LogP contribution in [0.3, 0.4) is 0 Å². The minimum Gasteiger partial charge on any atom is -0.353 e. The van der Waals surface area contributed by atoms with Gasteiger partial charge >= 0.3 is 0 Å². The highest BCUT2D eigenvalue weighted by Gasteiger charge is 2.40.